The van der Waals surface area contributed by atoms with Gasteiger partial charge in [-0.3, -0.25) is 4.79 Å². The molecule has 0 spiro atoms. The summed E-state index contributed by atoms with van der Waals surface area (Å²) in [7, 11) is 3.17. The van der Waals surface area contributed by atoms with Crippen LogP contribution in [0.5, 0.6) is 11.5 Å². The number of carbonyl (C=O) groups excluding carboxylic acids is 1. The molecule has 2 atom stereocenters. The number of rotatable bonds is 4. The van der Waals surface area contributed by atoms with E-state index in [0.717, 1.165) is 5.56 Å². The van der Waals surface area contributed by atoms with Crippen LogP contribution in [-0.2, 0) is 11.3 Å². The highest BCUT2D eigenvalue weighted by Crippen LogP contribution is 2.29. The van der Waals surface area contributed by atoms with Crippen LogP contribution in [0.15, 0.2) is 18.2 Å². The van der Waals surface area contributed by atoms with Gasteiger partial charge >= 0.3 is 0 Å². The second-order valence-electron chi connectivity index (χ2n) is 5.23. The van der Waals surface area contributed by atoms with Crippen molar-refractivity contribution in [1.29, 1.82) is 0 Å². The van der Waals surface area contributed by atoms with Crippen LogP contribution in [0, 0.1) is 5.92 Å². The standard InChI is InChI=1S/C15H21NO4/c1-10-6-14(17)16(15(18)7-10)9-11-4-5-12(19-2)8-13(11)20-3/h4-5,8,10,14,17H,6-7,9H2,1-3H3/t10-,14?/m1/s1. The number of benzene rings is 1. The molecule has 1 heterocycles. The number of aliphatic hydroxyl groups excluding tert-OH is 1. The predicted molar refractivity (Wildman–Crippen MR) is 74.5 cm³/mol. The van der Waals surface area contributed by atoms with Crippen molar-refractivity contribution in [2.75, 3.05) is 14.2 Å². The van der Waals surface area contributed by atoms with Gasteiger partial charge in [-0.15, -0.1) is 0 Å². The Morgan fingerprint density at radius 2 is 2.10 bits per heavy atom. The largest absolute Gasteiger partial charge is 0.497 e. The van der Waals surface area contributed by atoms with Crippen LogP contribution in [0.2, 0.25) is 0 Å². The van der Waals surface area contributed by atoms with Gasteiger partial charge in [-0.2, -0.15) is 0 Å². The number of likely N-dealkylation sites (tertiary alicyclic amines) is 1. The Kier molecular flexibility index (Phi) is 4.49. The van der Waals surface area contributed by atoms with E-state index >= 15 is 0 Å². The Morgan fingerprint density at radius 1 is 1.35 bits per heavy atom. The third-order valence-corrected chi connectivity index (χ3v) is 3.65. The van der Waals surface area contributed by atoms with E-state index in [-0.39, 0.29) is 11.8 Å². The maximum Gasteiger partial charge on any atom is 0.225 e. The van der Waals surface area contributed by atoms with Crippen molar-refractivity contribution >= 4 is 5.91 Å². The minimum absolute atomic E-state index is 0.0193. The van der Waals surface area contributed by atoms with Crippen molar-refractivity contribution in [3.63, 3.8) is 0 Å². The van der Waals surface area contributed by atoms with Crippen molar-refractivity contribution in [1.82, 2.24) is 4.90 Å². The molecule has 5 heteroatoms. The van der Waals surface area contributed by atoms with E-state index in [1.54, 1.807) is 20.3 Å². The van der Waals surface area contributed by atoms with Gasteiger partial charge in [-0.25, -0.2) is 0 Å². The van der Waals surface area contributed by atoms with E-state index in [1.165, 1.54) is 4.90 Å². The molecular weight excluding hydrogens is 258 g/mol. The number of hydrogen-bond donors (Lipinski definition) is 1. The lowest BCUT2D eigenvalue weighted by atomic mass is 9.96. The van der Waals surface area contributed by atoms with Gasteiger partial charge in [0, 0.05) is 18.1 Å². The van der Waals surface area contributed by atoms with Crippen LogP contribution in [0.4, 0.5) is 0 Å². The number of amides is 1. The van der Waals surface area contributed by atoms with E-state index in [4.69, 9.17) is 9.47 Å². The van der Waals surface area contributed by atoms with E-state index in [0.29, 0.717) is 30.9 Å². The summed E-state index contributed by atoms with van der Waals surface area (Å²) in [6, 6.07) is 5.45. The first-order valence-corrected chi connectivity index (χ1v) is 6.73. The zero-order chi connectivity index (χ0) is 14.7. The first-order chi connectivity index (χ1) is 9.55. The fourth-order valence-electron chi connectivity index (χ4n) is 2.51. The quantitative estimate of drug-likeness (QED) is 0.912. The Labute approximate surface area is 119 Å². The minimum atomic E-state index is -0.724. The topological polar surface area (TPSA) is 59.0 Å². The molecule has 1 aliphatic heterocycles. The molecule has 0 saturated carbocycles. The molecule has 1 aliphatic rings. The summed E-state index contributed by atoms with van der Waals surface area (Å²) in [5.41, 5.74) is 0.857. The molecule has 1 aromatic carbocycles. The van der Waals surface area contributed by atoms with Crippen LogP contribution < -0.4 is 9.47 Å². The Bertz CT molecular complexity index is 489. The van der Waals surface area contributed by atoms with Crippen molar-refractivity contribution in [3.05, 3.63) is 23.8 Å². The van der Waals surface area contributed by atoms with Gasteiger partial charge in [-0.1, -0.05) is 6.92 Å². The van der Waals surface area contributed by atoms with Gasteiger partial charge in [0.25, 0.3) is 0 Å². The summed E-state index contributed by atoms with van der Waals surface area (Å²) in [4.78, 5) is 13.5. The van der Waals surface area contributed by atoms with Crippen LogP contribution in [0.25, 0.3) is 0 Å². The molecule has 1 amide bonds. The smallest absolute Gasteiger partial charge is 0.225 e. The van der Waals surface area contributed by atoms with Gasteiger partial charge in [0.05, 0.1) is 20.8 Å². The lowest BCUT2D eigenvalue weighted by Crippen LogP contribution is -2.45. The molecule has 0 bridgehead atoms. The van der Waals surface area contributed by atoms with Crippen molar-refractivity contribution in [2.24, 2.45) is 5.92 Å². The van der Waals surface area contributed by atoms with E-state index in [1.807, 2.05) is 19.1 Å². The average Bonchev–Trinajstić information content (AvgIpc) is 2.42. The fraction of sp³-hybridized carbons (Fsp3) is 0.533. The molecular formula is C15H21NO4. The molecule has 0 radical (unpaired) electrons. The minimum Gasteiger partial charge on any atom is -0.497 e. The van der Waals surface area contributed by atoms with E-state index in [9.17, 15) is 9.90 Å². The first kappa shape index (κ1) is 14.7. The molecule has 1 aromatic rings. The fourth-order valence-corrected chi connectivity index (χ4v) is 2.51. The molecule has 20 heavy (non-hydrogen) atoms. The maximum absolute atomic E-state index is 12.0. The van der Waals surface area contributed by atoms with E-state index < -0.39 is 6.23 Å². The van der Waals surface area contributed by atoms with Gasteiger partial charge in [0.15, 0.2) is 0 Å². The SMILES string of the molecule is COc1ccc(CN2C(=O)C[C@H](C)CC2O)c(OC)c1. The summed E-state index contributed by atoms with van der Waals surface area (Å²) in [5.74, 6) is 1.56. The lowest BCUT2D eigenvalue weighted by Gasteiger charge is -2.35. The summed E-state index contributed by atoms with van der Waals surface area (Å²) in [6.07, 6.45) is 0.373. The highest BCUT2D eigenvalue weighted by Gasteiger charge is 2.30. The van der Waals surface area contributed by atoms with E-state index in [2.05, 4.69) is 0 Å². The zero-order valence-electron chi connectivity index (χ0n) is 12.1. The molecule has 2 rings (SSSR count). The molecule has 1 N–H and O–H groups in total. The van der Waals surface area contributed by atoms with Crippen molar-refractivity contribution in [3.8, 4) is 11.5 Å². The number of carbonyl (C=O) groups is 1. The summed E-state index contributed by atoms with van der Waals surface area (Å²) in [5, 5.41) is 10.1. The molecule has 110 valence electrons. The molecule has 0 aliphatic carbocycles. The first-order valence-electron chi connectivity index (χ1n) is 6.73. The predicted octanol–water partition coefficient (Wildman–Crippen LogP) is 1.78. The number of hydrogen-bond acceptors (Lipinski definition) is 4. The third-order valence-electron chi connectivity index (χ3n) is 3.65. The Balaban J connectivity index is 2.18. The summed E-state index contributed by atoms with van der Waals surface area (Å²) >= 11 is 0. The summed E-state index contributed by atoms with van der Waals surface area (Å²) in [6.45, 7) is 2.33. The van der Waals surface area contributed by atoms with Crippen LogP contribution >= 0.6 is 0 Å². The van der Waals surface area contributed by atoms with Crippen LogP contribution in [0.3, 0.4) is 0 Å². The molecule has 1 unspecified atom stereocenters. The Morgan fingerprint density at radius 3 is 2.70 bits per heavy atom. The zero-order valence-corrected chi connectivity index (χ0v) is 12.1. The second kappa shape index (κ2) is 6.13. The highest BCUT2D eigenvalue weighted by atomic mass is 16.5. The molecule has 5 nitrogen and oxygen atoms in total. The van der Waals surface area contributed by atoms with Gasteiger partial charge in [0.2, 0.25) is 5.91 Å². The monoisotopic (exact) mass is 279 g/mol. The van der Waals surface area contributed by atoms with Crippen LogP contribution in [0.1, 0.15) is 25.3 Å². The number of methoxy groups -OCH3 is 2. The third kappa shape index (κ3) is 3.04. The van der Waals surface area contributed by atoms with Gasteiger partial charge in [-0.05, 0) is 24.5 Å². The van der Waals surface area contributed by atoms with Crippen molar-refractivity contribution in [2.45, 2.75) is 32.5 Å². The number of ether oxygens (including phenoxy) is 2. The normalized spacial score (nSPS) is 22.8. The average molecular weight is 279 g/mol. The van der Waals surface area contributed by atoms with Crippen LogP contribution in [-0.4, -0.2) is 36.4 Å². The number of nitrogens with zero attached hydrogens (tertiary/aromatic N) is 1. The maximum atomic E-state index is 12.0. The second-order valence-corrected chi connectivity index (χ2v) is 5.23. The number of piperidine rings is 1. The lowest BCUT2D eigenvalue weighted by molar-refractivity contribution is -0.150. The Hall–Kier alpha value is -1.75. The molecule has 0 aromatic heterocycles. The van der Waals surface area contributed by atoms with Crippen molar-refractivity contribution < 1.29 is 19.4 Å². The van der Waals surface area contributed by atoms with Gasteiger partial charge in [0.1, 0.15) is 17.7 Å². The summed E-state index contributed by atoms with van der Waals surface area (Å²) < 4.78 is 10.5. The van der Waals surface area contributed by atoms with Gasteiger partial charge < -0.3 is 19.5 Å². The molecule has 1 saturated heterocycles. The molecule has 1 fully saturated rings. The highest BCUT2D eigenvalue weighted by molar-refractivity contribution is 5.77. The number of aliphatic hydroxyl groups is 1.